The molecule has 1 aliphatic heterocycles. The Morgan fingerprint density at radius 3 is 1.44 bits per heavy atom. The van der Waals surface area contributed by atoms with Gasteiger partial charge in [-0.3, -0.25) is 0 Å². The van der Waals surface area contributed by atoms with Crippen molar-refractivity contribution in [3.8, 4) is 0 Å². The predicted molar refractivity (Wildman–Crippen MR) is 250 cm³/mol. The second-order valence-electron chi connectivity index (χ2n) is 16.7. The average Bonchev–Trinajstić information content (AvgIpc) is 3.65. The van der Waals surface area contributed by atoms with Gasteiger partial charge in [-0.1, -0.05) is 206 Å². The lowest BCUT2D eigenvalue weighted by molar-refractivity contribution is 0.507. The number of likely N-dealkylation sites (N-methyl/N-ethyl adjacent to an activating group) is 1. The molecule has 0 radical (unpaired) electrons. The third-order valence-electron chi connectivity index (χ3n) is 13.2. The molecule has 0 amide bonds. The summed E-state index contributed by atoms with van der Waals surface area (Å²) in [7, 11) is 2.29. The molecule has 1 nitrogen and oxygen atoms in total. The van der Waals surface area contributed by atoms with Crippen LogP contribution in [0.4, 0.5) is 5.69 Å². The first-order valence-electron chi connectivity index (χ1n) is 21.1. The van der Waals surface area contributed by atoms with Crippen LogP contribution >= 0.6 is 0 Å². The molecule has 0 fully saturated rings. The number of fused-ring (bicyclic) bond motifs is 6. The largest absolute Gasteiger partial charge is 0.347 e. The minimum Gasteiger partial charge on any atom is -0.347 e. The van der Waals surface area contributed by atoms with Crippen LogP contribution in [0.15, 0.2) is 224 Å². The van der Waals surface area contributed by atoms with Crippen molar-refractivity contribution in [2.45, 2.75) is 43.4 Å². The molecule has 0 bridgehead atoms. The van der Waals surface area contributed by atoms with Gasteiger partial charge >= 0.3 is 0 Å². The quantitative estimate of drug-likeness (QED) is 0.134. The maximum Gasteiger partial charge on any atom is 0.0528 e. The molecule has 8 aromatic rings. The first-order chi connectivity index (χ1) is 29.0. The van der Waals surface area contributed by atoms with Gasteiger partial charge in [-0.15, -0.1) is 0 Å². The summed E-state index contributed by atoms with van der Waals surface area (Å²) in [5, 5.41) is 5.21. The zero-order valence-corrected chi connectivity index (χ0v) is 34.0. The highest BCUT2D eigenvalue weighted by Crippen LogP contribution is 2.55. The van der Waals surface area contributed by atoms with E-state index in [9.17, 15) is 0 Å². The summed E-state index contributed by atoms with van der Waals surface area (Å²) < 4.78 is 0. The van der Waals surface area contributed by atoms with Crippen LogP contribution in [0.3, 0.4) is 0 Å². The van der Waals surface area contributed by atoms with Crippen molar-refractivity contribution in [1.29, 1.82) is 0 Å². The normalized spacial score (nSPS) is 16.0. The maximum absolute atomic E-state index is 2.51. The Balaban J connectivity index is 1.19. The van der Waals surface area contributed by atoms with Crippen LogP contribution in [0, 0.1) is 0 Å². The smallest absolute Gasteiger partial charge is 0.0528 e. The molecule has 0 unspecified atom stereocenters. The van der Waals surface area contributed by atoms with Crippen LogP contribution in [0.1, 0.15) is 45.9 Å². The van der Waals surface area contributed by atoms with Crippen LogP contribution in [0.25, 0.3) is 27.1 Å². The molecule has 0 aromatic heterocycles. The van der Waals surface area contributed by atoms with Gasteiger partial charge < -0.3 is 4.90 Å². The summed E-state index contributed by atoms with van der Waals surface area (Å²) >= 11 is 0. The minimum absolute atomic E-state index is 0.288. The van der Waals surface area contributed by atoms with Crippen LogP contribution in [0.2, 0.25) is 0 Å². The van der Waals surface area contributed by atoms with Gasteiger partial charge in [0.05, 0.1) is 5.69 Å². The van der Waals surface area contributed by atoms with Crippen molar-refractivity contribution in [2.24, 2.45) is 0 Å². The molecule has 59 heavy (non-hydrogen) atoms. The third kappa shape index (κ3) is 6.43. The van der Waals surface area contributed by atoms with E-state index in [0.717, 1.165) is 25.7 Å². The molecule has 8 aromatic carbocycles. The fourth-order valence-corrected chi connectivity index (χ4v) is 10.8. The maximum atomic E-state index is 2.51. The van der Waals surface area contributed by atoms with Crippen molar-refractivity contribution < 1.29 is 0 Å². The predicted octanol–water partition coefficient (Wildman–Crippen LogP) is 13.8. The molecule has 0 saturated heterocycles. The SMILES string of the molecule is CC1=C(/C=C/C=C2/N(C)c3c(ccc4ccccc34)C2(Cc2ccccc2)Cc2ccccc2)C(Cc2ccccc2)(Cc2ccccc2)c2c1ccc1ccccc21. The topological polar surface area (TPSA) is 3.24 Å². The Morgan fingerprint density at radius 1 is 0.458 bits per heavy atom. The summed E-state index contributed by atoms with van der Waals surface area (Å²) in [6.45, 7) is 2.36. The van der Waals surface area contributed by atoms with E-state index < -0.39 is 0 Å². The Kier molecular flexibility index (Phi) is 9.46. The fourth-order valence-electron chi connectivity index (χ4n) is 10.8. The molecular weight excluding hydrogens is 711 g/mol. The summed E-state index contributed by atoms with van der Waals surface area (Å²) in [6.07, 6.45) is 10.9. The lowest BCUT2D eigenvalue weighted by atomic mass is 9.67. The zero-order valence-electron chi connectivity index (χ0n) is 34.0. The van der Waals surface area contributed by atoms with Gasteiger partial charge in [-0.25, -0.2) is 0 Å². The van der Waals surface area contributed by atoms with E-state index in [0.29, 0.717) is 0 Å². The Bertz CT molecular complexity index is 2800. The Labute approximate surface area is 349 Å². The van der Waals surface area contributed by atoms with E-state index >= 15 is 0 Å². The van der Waals surface area contributed by atoms with Crippen LogP contribution in [-0.4, -0.2) is 7.05 Å². The van der Waals surface area contributed by atoms with E-state index in [1.165, 1.54) is 83.0 Å². The lowest BCUT2D eigenvalue weighted by Gasteiger charge is -2.35. The first-order valence-corrected chi connectivity index (χ1v) is 21.1. The summed E-state index contributed by atoms with van der Waals surface area (Å²) in [6, 6.07) is 71.8. The van der Waals surface area contributed by atoms with E-state index in [4.69, 9.17) is 0 Å². The second-order valence-corrected chi connectivity index (χ2v) is 16.7. The number of hydrogen-bond donors (Lipinski definition) is 0. The molecule has 2 aliphatic rings. The number of benzene rings is 8. The number of anilines is 1. The number of allylic oxidation sites excluding steroid dienone is 6. The zero-order chi connectivity index (χ0) is 39.8. The van der Waals surface area contributed by atoms with Gasteiger partial charge in [0.25, 0.3) is 0 Å². The van der Waals surface area contributed by atoms with Gasteiger partial charge in [0.1, 0.15) is 0 Å². The number of rotatable bonds is 10. The molecule has 1 heteroatoms. The van der Waals surface area contributed by atoms with Crippen molar-refractivity contribution in [2.75, 3.05) is 11.9 Å². The van der Waals surface area contributed by atoms with Crippen LogP contribution < -0.4 is 4.90 Å². The highest BCUT2D eigenvalue weighted by molar-refractivity contribution is 6.00. The molecule has 0 saturated carbocycles. The van der Waals surface area contributed by atoms with Crippen molar-refractivity contribution in [3.63, 3.8) is 0 Å². The average molecular weight is 760 g/mol. The number of hydrogen-bond acceptors (Lipinski definition) is 1. The highest BCUT2D eigenvalue weighted by atomic mass is 15.2. The summed E-state index contributed by atoms with van der Waals surface area (Å²) in [5.41, 5.74) is 14.4. The van der Waals surface area contributed by atoms with E-state index in [1.807, 2.05) is 0 Å². The highest BCUT2D eigenvalue weighted by Gasteiger charge is 2.47. The van der Waals surface area contributed by atoms with Crippen molar-refractivity contribution in [3.05, 3.63) is 263 Å². The van der Waals surface area contributed by atoms with Gasteiger partial charge in [-0.05, 0) is 105 Å². The summed E-state index contributed by atoms with van der Waals surface area (Å²) in [5.74, 6) is 0. The van der Waals surface area contributed by atoms with E-state index in [1.54, 1.807) is 0 Å². The molecule has 0 N–H and O–H groups in total. The van der Waals surface area contributed by atoms with Crippen molar-refractivity contribution >= 4 is 32.8 Å². The standard InChI is InChI=1S/C58H49N/c1-42-49-36-34-47-28-15-17-30-50(47)55(49)58(40-45-24-11-5-12-25-45,41-46-26-13-6-14-27-46)52(42)32-19-33-54-57(38-43-20-7-3-8-21-43,39-44-22-9-4-10-23-44)53-37-35-48-29-16-18-31-51(48)56(53)59(54)2/h3-37H,38-41H2,1-2H3/b32-19+,54-33+. The second kappa shape index (κ2) is 15.2. The summed E-state index contributed by atoms with van der Waals surface area (Å²) in [4.78, 5) is 2.51. The van der Waals surface area contributed by atoms with Gasteiger partial charge in [0.2, 0.25) is 0 Å². The van der Waals surface area contributed by atoms with E-state index in [2.05, 4.69) is 231 Å². The molecule has 1 heterocycles. The van der Waals surface area contributed by atoms with E-state index in [-0.39, 0.29) is 10.8 Å². The Morgan fingerprint density at radius 2 is 0.898 bits per heavy atom. The van der Waals surface area contributed by atoms with Gasteiger partial charge in [0, 0.05) is 29.0 Å². The van der Waals surface area contributed by atoms with Gasteiger partial charge in [-0.2, -0.15) is 0 Å². The molecule has 286 valence electrons. The fraction of sp³-hybridized carbons (Fsp3) is 0.138. The first kappa shape index (κ1) is 36.6. The molecule has 0 spiro atoms. The third-order valence-corrected chi connectivity index (χ3v) is 13.2. The van der Waals surface area contributed by atoms with Gasteiger partial charge in [0.15, 0.2) is 0 Å². The van der Waals surface area contributed by atoms with Crippen molar-refractivity contribution in [1.82, 2.24) is 0 Å². The molecular formula is C58H49N. The molecule has 0 atom stereocenters. The molecule has 10 rings (SSSR count). The van der Waals surface area contributed by atoms with Crippen LogP contribution in [-0.2, 0) is 36.5 Å². The monoisotopic (exact) mass is 759 g/mol. The minimum atomic E-state index is -0.301. The lowest BCUT2D eigenvalue weighted by Crippen LogP contribution is -2.34. The molecule has 1 aliphatic carbocycles. The Hall–Kier alpha value is -6.70. The van der Waals surface area contributed by atoms with Crippen LogP contribution in [0.5, 0.6) is 0 Å². The number of nitrogens with zero attached hydrogens (tertiary/aromatic N) is 1.